The van der Waals surface area contributed by atoms with Crippen molar-refractivity contribution in [2.45, 2.75) is 315 Å². The minimum absolute atomic E-state index is 0. The third-order valence-corrected chi connectivity index (χ3v) is 44.1. The Balaban J connectivity index is -0.0000000713. The molecule has 0 saturated heterocycles. The lowest BCUT2D eigenvalue weighted by molar-refractivity contribution is -0.0948. The van der Waals surface area contributed by atoms with Crippen molar-refractivity contribution in [3.8, 4) is 0 Å². The summed E-state index contributed by atoms with van der Waals surface area (Å²) in [5.74, 6) is 0. The molecule has 0 fully saturated rings. The molecular weight excluding hydrogens is 1120 g/mol. The summed E-state index contributed by atoms with van der Waals surface area (Å²) in [6.07, 6.45) is 6.84. The summed E-state index contributed by atoms with van der Waals surface area (Å²) >= 11 is 0. The number of rotatable bonds is 37. The van der Waals surface area contributed by atoms with Gasteiger partial charge in [0.15, 0.2) is 45.8 Å². The molecule has 0 aliphatic rings. The van der Waals surface area contributed by atoms with E-state index in [4.69, 9.17) is 62.8 Å². The third kappa shape index (κ3) is 69.8. The van der Waals surface area contributed by atoms with Gasteiger partial charge in [-0.25, -0.2) is 0 Å². The Labute approximate surface area is 487 Å². The maximum Gasteiger partial charge on any atom is 0.317 e. The van der Waals surface area contributed by atoms with Gasteiger partial charge >= 0.3 is 34.2 Å². The minimum atomic E-state index is -2.52. The van der Waals surface area contributed by atoms with E-state index in [1.54, 1.807) is 0 Å². The highest BCUT2D eigenvalue weighted by atomic mass is 28.5. The van der Waals surface area contributed by atoms with E-state index in [9.17, 15) is 0 Å². The van der Waals surface area contributed by atoms with Gasteiger partial charge in [0, 0.05) is 13.2 Å². The molecule has 0 aromatic carbocycles. The zero-order chi connectivity index (χ0) is 49.4. The van der Waals surface area contributed by atoms with Gasteiger partial charge in [0.25, 0.3) is 18.6 Å². The first kappa shape index (κ1) is 112. The van der Waals surface area contributed by atoms with E-state index < -0.39 is 98.7 Å². The molecule has 14 nitrogen and oxygen atoms in total. The van der Waals surface area contributed by atoms with Crippen LogP contribution in [-0.2, 0) is 42.4 Å². The molecule has 0 aromatic heterocycles. The number of ether oxygens (including phenoxy) is 2. The number of hydrogen-bond donors (Lipinski definition) is 4. The Hall–Kier alpha value is 1.61. The normalized spacial score (nSPS) is 15.1. The van der Waals surface area contributed by atoms with Crippen molar-refractivity contribution >= 4 is 86.1 Å². The summed E-state index contributed by atoms with van der Waals surface area (Å²) in [5.41, 5.74) is 0. The van der Waals surface area contributed by atoms with E-state index in [0.717, 1.165) is 56.3 Å². The van der Waals surface area contributed by atoms with Crippen LogP contribution < -0.4 is 0 Å². The van der Waals surface area contributed by atoms with Crippen LogP contribution >= 0.6 is 0 Å². The first-order chi connectivity index (χ1) is 28.5. The lowest BCUT2D eigenvalue weighted by Gasteiger charge is -2.42. The molecule has 6 unspecified atom stereocenters. The molecule has 0 rings (SSSR count). The first-order valence-electron chi connectivity index (χ1n) is 23.9. The molecule has 0 aromatic rings. The molecule has 24 heteroatoms. The topological polar surface area (TPSA) is 173 Å². The molecule has 478 valence electrons. The number of aliphatic hydroxyl groups excluding tert-OH is 2. The van der Waals surface area contributed by atoms with Gasteiger partial charge in [-0.05, 0) is 155 Å². The Morgan fingerprint density at radius 2 is 0.573 bits per heavy atom. The zero-order valence-corrected chi connectivity index (χ0v) is 54.5. The molecule has 4 N–H and O–H groups in total. The average molecular weight is 1270 g/mol. The van der Waals surface area contributed by atoms with Gasteiger partial charge < -0.3 is 62.8 Å². The summed E-state index contributed by atoms with van der Waals surface area (Å²) in [7, 11) is -20.6. The summed E-state index contributed by atoms with van der Waals surface area (Å²) in [4.78, 5) is 0. The number of unbranched alkanes of at least 4 members (excludes halogenated alkanes) is 5. The van der Waals surface area contributed by atoms with Crippen LogP contribution in [0.2, 0.25) is 142 Å². The fraction of sp³-hybridized carbons (Fsp3) is 1.00. The fourth-order valence-electron chi connectivity index (χ4n) is 7.41. The molecular formula is C51H150O14Si10. The predicted molar refractivity (Wildman–Crippen MR) is 366 cm³/mol. The molecule has 75 heavy (non-hydrogen) atoms. The molecule has 6 atom stereocenters. The van der Waals surface area contributed by atoms with Gasteiger partial charge in [-0.1, -0.05) is 148 Å². The Morgan fingerprint density at radius 3 is 0.813 bits per heavy atom. The number of hydrogen-bond acceptors (Lipinski definition) is 14. The van der Waals surface area contributed by atoms with Crippen molar-refractivity contribution in [3.63, 3.8) is 0 Å². The molecule has 0 bridgehead atoms. The third-order valence-electron chi connectivity index (χ3n) is 8.87. The van der Waals surface area contributed by atoms with Crippen LogP contribution in [0, 0.1) is 0 Å². The van der Waals surface area contributed by atoms with Crippen LogP contribution in [0.25, 0.3) is 0 Å². The summed E-state index contributed by atoms with van der Waals surface area (Å²) in [6, 6.07) is 3.51. The summed E-state index contributed by atoms with van der Waals surface area (Å²) < 4.78 is 64.0. The fourth-order valence-corrected chi connectivity index (χ4v) is 49.0. The van der Waals surface area contributed by atoms with Crippen molar-refractivity contribution < 1.29 is 62.8 Å². The number of aliphatic hydroxyl groups is 4. The van der Waals surface area contributed by atoms with E-state index in [-0.39, 0.29) is 102 Å². The SMILES string of the molecule is C.C.C.C.C.C.C.C.C.C.C.C.CCCCCC[Si](C)(O[SiH](C)O[Si](C)(C)C)O[Si](C)(CCCOCC(O)O)O[Si](C)(C)C.CCCCC[Si](C)(O[SiH](C)O[Si](C)(C)C)O[Si](C)(CCCOCC(O)O)O[Si](C)(C)C. The van der Waals surface area contributed by atoms with Crippen molar-refractivity contribution in [3.05, 3.63) is 0 Å². The van der Waals surface area contributed by atoms with E-state index in [1.165, 1.54) is 25.7 Å². The lowest BCUT2D eigenvalue weighted by Crippen LogP contribution is -2.57. The smallest absolute Gasteiger partial charge is 0.317 e. The molecule has 0 radical (unpaired) electrons. The van der Waals surface area contributed by atoms with Crippen LogP contribution in [-0.4, -0.2) is 146 Å². The van der Waals surface area contributed by atoms with E-state index in [2.05, 4.69) is 132 Å². The zero-order valence-electron chi connectivity index (χ0n) is 44.2. The first-order valence-corrected chi connectivity index (χ1v) is 51.8. The molecule has 0 saturated carbocycles. The largest absolute Gasteiger partial charge is 0.439 e. The quantitative estimate of drug-likeness (QED) is 0.0263. The van der Waals surface area contributed by atoms with Gasteiger partial charge in [-0.3, -0.25) is 0 Å². The van der Waals surface area contributed by atoms with E-state index in [1.807, 2.05) is 0 Å². The lowest BCUT2D eigenvalue weighted by atomic mass is 10.2. The van der Waals surface area contributed by atoms with E-state index >= 15 is 0 Å². The van der Waals surface area contributed by atoms with Gasteiger partial charge in [0.1, 0.15) is 0 Å². The molecule has 0 spiro atoms. The van der Waals surface area contributed by atoms with Crippen molar-refractivity contribution in [2.24, 2.45) is 0 Å². The van der Waals surface area contributed by atoms with E-state index in [0.29, 0.717) is 13.2 Å². The Bertz CT molecular complexity index is 1170. The highest BCUT2D eigenvalue weighted by Gasteiger charge is 2.47. The van der Waals surface area contributed by atoms with Crippen LogP contribution in [0.5, 0.6) is 0 Å². The Morgan fingerprint density at radius 1 is 0.320 bits per heavy atom. The van der Waals surface area contributed by atoms with Gasteiger partial charge in [-0.15, -0.1) is 0 Å². The highest BCUT2D eigenvalue weighted by Crippen LogP contribution is 2.32. The van der Waals surface area contributed by atoms with Crippen molar-refractivity contribution in [1.29, 1.82) is 0 Å². The van der Waals surface area contributed by atoms with Crippen molar-refractivity contribution in [1.82, 2.24) is 0 Å². The van der Waals surface area contributed by atoms with Crippen LogP contribution in [0.4, 0.5) is 0 Å². The van der Waals surface area contributed by atoms with Crippen LogP contribution in [0.3, 0.4) is 0 Å². The highest BCUT2D eigenvalue weighted by molar-refractivity contribution is 6.89. The predicted octanol–water partition coefficient (Wildman–Crippen LogP) is 17.3. The minimum Gasteiger partial charge on any atom is -0.439 e. The second-order valence-electron chi connectivity index (χ2n) is 21.6. The second kappa shape index (κ2) is 53.6. The van der Waals surface area contributed by atoms with Gasteiger partial charge in [0.2, 0.25) is 0 Å². The molecule has 0 aliphatic heterocycles. The molecule has 0 aliphatic carbocycles. The van der Waals surface area contributed by atoms with Gasteiger partial charge in [-0.2, -0.15) is 0 Å². The maximum absolute atomic E-state index is 8.98. The molecule has 0 heterocycles. The summed E-state index contributed by atoms with van der Waals surface area (Å²) in [6.45, 7) is 44.6. The standard InChI is InChI=1S/C20H52O7Si5.C19H50O7Si5.12CH4/c1-11-12-13-14-17-31(9,25-28(2)24-29(3,4)5)27-32(10,26-30(6,7)8)18-15-16-23-19-20(21)22;1-11-12-13-16-30(9,24-27(2)23-28(3,4)5)26-31(10,25-29(6,7)8)17-14-15-22-18-19(20)21;;;;;;;;;;;;/h20-22,28H,11-19H2,1-10H3;19-21,27H,11-18H2,1-10H3;12*1H4. The Kier molecular flexibility index (Phi) is 79.9. The molecule has 0 amide bonds. The maximum atomic E-state index is 8.98. The monoisotopic (exact) mass is 1270 g/mol. The van der Waals surface area contributed by atoms with Crippen molar-refractivity contribution in [2.75, 3.05) is 26.4 Å². The summed E-state index contributed by atoms with van der Waals surface area (Å²) in [5, 5.41) is 35.9. The van der Waals surface area contributed by atoms with Crippen LogP contribution in [0.1, 0.15) is 161 Å². The average Bonchev–Trinajstić information content (AvgIpc) is 3.02. The van der Waals surface area contributed by atoms with Crippen LogP contribution in [0.15, 0.2) is 0 Å². The second-order valence-corrected chi connectivity index (χ2v) is 58.9. The van der Waals surface area contributed by atoms with Gasteiger partial charge in [0.05, 0.1) is 13.2 Å².